The summed E-state index contributed by atoms with van der Waals surface area (Å²) < 4.78 is 2.13. The molecule has 1 N–H and O–H groups in total. The van der Waals surface area contributed by atoms with Gasteiger partial charge in [-0.3, -0.25) is 9.80 Å². The van der Waals surface area contributed by atoms with Crippen molar-refractivity contribution in [2.24, 2.45) is 0 Å². The number of carboxylic acid groups (broad SMARTS) is 1. The Hall–Kier alpha value is -2.57. The first-order valence-electron chi connectivity index (χ1n) is 9.55. The van der Waals surface area contributed by atoms with E-state index in [1.54, 1.807) is 4.90 Å². The molecule has 1 amide bonds. The topological polar surface area (TPSA) is 61.1 Å². The van der Waals surface area contributed by atoms with Crippen molar-refractivity contribution in [3.8, 4) is 11.3 Å². The average molecular weight is 397 g/mol. The number of hydrogen-bond donors (Lipinski definition) is 1. The smallest absolute Gasteiger partial charge is 0.407 e. The first-order valence-corrected chi connectivity index (χ1v) is 9.93. The molecule has 2 aliphatic rings. The Morgan fingerprint density at radius 2 is 1.82 bits per heavy atom. The molecule has 144 valence electrons. The monoisotopic (exact) mass is 396 g/mol. The van der Waals surface area contributed by atoms with Gasteiger partial charge < -0.3 is 9.51 Å². The fourth-order valence-electron chi connectivity index (χ4n) is 4.68. The first-order chi connectivity index (χ1) is 13.6. The van der Waals surface area contributed by atoms with Crippen LogP contribution in [-0.2, 0) is 6.54 Å². The van der Waals surface area contributed by atoms with Crippen molar-refractivity contribution in [2.75, 3.05) is 13.1 Å². The van der Waals surface area contributed by atoms with E-state index in [1.807, 2.05) is 48.7 Å². The number of halogens is 1. The van der Waals surface area contributed by atoms with Gasteiger partial charge in [-0.15, -0.1) is 0 Å². The highest BCUT2D eigenvalue weighted by atomic mass is 35.5. The van der Waals surface area contributed by atoms with Crippen molar-refractivity contribution >= 4 is 23.3 Å². The van der Waals surface area contributed by atoms with Crippen LogP contribution < -0.4 is 0 Å². The van der Waals surface area contributed by atoms with Gasteiger partial charge in [0.25, 0.3) is 0 Å². The molecule has 2 bridgehead atoms. The number of imidazole rings is 1. The number of pyridine rings is 1. The van der Waals surface area contributed by atoms with E-state index in [-0.39, 0.29) is 12.1 Å². The molecule has 2 atom stereocenters. The summed E-state index contributed by atoms with van der Waals surface area (Å²) in [4.78, 5) is 20.5. The number of nitrogens with zero attached hydrogens (tertiary/aromatic N) is 4. The first kappa shape index (κ1) is 17.5. The minimum absolute atomic E-state index is 0.0921. The fourth-order valence-corrected chi connectivity index (χ4v) is 4.81. The summed E-state index contributed by atoms with van der Waals surface area (Å²) in [6.45, 7) is 2.27. The molecule has 28 heavy (non-hydrogen) atoms. The van der Waals surface area contributed by atoms with Crippen molar-refractivity contribution in [1.29, 1.82) is 0 Å². The summed E-state index contributed by atoms with van der Waals surface area (Å²) in [5, 5.41) is 10.2. The number of fused-ring (bicyclic) bond motifs is 3. The predicted molar refractivity (Wildman–Crippen MR) is 108 cm³/mol. The molecule has 0 saturated carbocycles. The van der Waals surface area contributed by atoms with Crippen LogP contribution in [0.4, 0.5) is 4.79 Å². The van der Waals surface area contributed by atoms with E-state index < -0.39 is 6.09 Å². The molecule has 2 aromatic heterocycles. The van der Waals surface area contributed by atoms with Gasteiger partial charge in [0, 0.05) is 48.5 Å². The molecule has 2 unspecified atom stereocenters. The van der Waals surface area contributed by atoms with E-state index in [2.05, 4.69) is 9.30 Å². The molecule has 2 fully saturated rings. The maximum Gasteiger partial charge on any atom is 0.407 e. The van der Waals surface area contributed by atoms with Crippen LogP contribution in [0.2, 0.25) is 5.02 Å². The standard InChI is InChI=1S/C21H21ClN4O2/c22-15-6-4-14(5-7-15)20-18(25-10-2-1-3-19(25)23-20)13-24-11-16-8-9-17(12-24)26(16)21(27)28/h1-7,10,16-17H,8-9,11-13H2,(H,27,28). The highest BCUT2D eigenvalue weighted by molar-refractivity contribution is 6.30. The van der Waals surface area contributed by atoms with Gasteiger partial charge in [-0.1, -0.05) is 29.8 Å². The van der Waals surface area contributed by atoms with E-state index in [0.29, 0.717) is 5.02 Å². The van der Waals surface area contributed by atoms with Crippen LogP contribution in [0.25, 0.3) is 16.9 Å². The number of piperazine rings is 1. The Morgan fingerprint density at radius 3 is 2.50 bits per heavy atom. The maximum absolute atomic E-state index is 11.6. The zero-order valence-corrected chi connectivity index (χ0v) is 16.1. The summed E-state index contributed by atoms with van der Waals surface area (Å²) in [7, 11) is 0. The Bertz CT molecular complexity index is 1020. The van der Waals surface area contributed by atoms with Crippen LogP contribution in [0.3, 0.4) is 0 Å². The number of aromatic nitrogens is 2. The van der Waals surface area contributed by atoms with Gasteiger partial charge in [-0.25, -0.2) is 9.78 Å². The van der Waals surface area contributed by atoms with Crippen LogP contribution in [0, 0.1) is 0 Å². The number of rotatable bonds is 3. The summed E-state index contributed by atoms with van der Waals surface area (Å²) in [6, 6.07) is 14.0. The average Bonchev–Trinajstić information content (AvgIpc) is 3.18. The molecule has 7 heteroatoms. The number of hydrogen-bond acceptors (Lipinski definition) is 3. The van der Waals surface area contributed by atoms with Crippen LogP contribution >= 0.6 is 11.6 Å². The third-order valence-corrected chi connectivity index (χ3v) is 6.15. The second-order valence-corrected chi connectivity index (χ2v) is 8.05. The lowest BCUT2D eigenvalue weighted by atomic mass is 10.1. The minimum atomic E-state index is -0.788. The highest BCUT2D eigenvalue weighted by Gasteiger charge is 2.42. The van der Waals surface area contributed by atoms with Gasteiger partial charge in [0.2, 0.25) is 0 Å². The Kier molecular flexibility index (Phi) is 4.25. The minimum Gasteiger partial charge on any atom is -0.465 e. The summed E-state index contributed by atoms with van der Waals surface area (Å²) in [6.07, 6.45) is 3.15. The quantitative estimate of drug-likeness (QED) is 0.727. The molecule has 0 aliphatic carbocycles. The van der Waals surface area contributed by atoms with E-state index in [0.717, 1.165) is 55.1 Å². The van der Waals surface area contributed by atoms with E-state index >= 15 is 0 Å². The molecule has 4 heterocycles. The Morgan fingerprint density at radius 1 is 1.11 bits per heavy atom. The van der Waals surface area contributed by atoms with E-state index in [4.69, 9.17) is 16.6 Å². The Labute approximate surface area is 168 Å². The van der Waals surface area contributed by atoms with Gasteiger partial charge >= 0.3 is 6.09 Å². The predicted octanol–water partition coefficient (Wildman–Crippen LogP) is 3.98. The van der Waals surface area contributed by atoms with Gasteiger partial charge in [-0.05, 0) is 37.1 Å². The van der Waals surface area contributed by atoms with E-state index in [9.17, 15) is 9.90 Å². The molecule has 0 radical (unpaired) electrons. The molecule has 1 aromatic carbocycles. The molecule has 2 aliphatic heterocycles. The lowest BCUT2D eigenvalue weighted by molar-refractivity contribution is 0.0586. The number of benzene rings is 1. The third-order valence-electron chi connectivity index (χ3n) is 5.90. The van der Waals surface area contributed by atoms with Gasteiger partial charge in [0.05, 0.1) is 11.4 Å². The lowest BCUT2D eigenvalue weighted by Crippen LogP contribution is -2.55. The molecule has 0 spiro atoms. The summed E-state index contributed by atoms with van der Waals surface area (Å²) in [5.41, 5.74) is 4.03. The second kappa shape index (κ2) is 6.79. The normalized spacial score (nSPS) is 22.1. The fraction of sp³-hybridized carbons (Fsp3) is 0.333. The maximum atomic E-state index is 11.6. The molecular formula is C21H21ClN4O2. The molecule has 5 rings (SSSR count). The molecule has 6 nitrogen and oxygen atoms in total. The SMILES string of the molecule is O=C(O)N1C2CCC1CN(Cc1c(-c3ccc(Cl)cc3)nc3ccccn13)C2. The lowest BCUT2D eigenvalue weighted by Gasteiger charge is -2.39. The highest BCUT2D eigenvalue weighted by Crippen LogP contribution is 2.33. The largest absolute Gasteiger partial charge is 0.465 e. The van der Waals surface area contributed by atoms with Gasteiger partial charge in [0.15, 0.2) is 0 Å². The van der Waals surface area contributed by atoms with Crippen LogP contribution in [0.15, 0.2) is 48.7 Å². The molecule has 3 aromatic rings. The summed E-state index contributed by atoms with van der Waals surface area (Å²) in [5.74, 6) is 0. The van der Waals surface area contributed by atoms with Crippen molar-refractivity contribution < 1.29 is 9.90 Å². The van der Waals surface area contributed by atoms with Crippen LogP contribution in [-0.4, -0.2) is 55.6 Å². The van der Waals surface area contributed by atoms with Gasteiger partial charge in [0.1, 0.15) is 5.65 Å². The van der Waals surface area contributed by atoms with Crippen LogP contribution in [0.1, 0.15) is 18.5 Å². The number of amides is 1. The van der Waals surface area contributed by atoms with Crippen molar-refractivity contribution in [1.82, 2.24) is 19.2 Å². The van der Waals surface area contributed by atoms with Crippen molar-refractivity contribution in [3.63, 3.8) is 0 Å². The Balaban J connectivity index is 1.50. The zero-order chi connectivity index (χ0) is 19.3. The molecular weight excluding hydrogens is 376 g/mol. The molecule has 2 saturated heterocycles. The summed E-state index contributed by atoms with van der Waals surface area (Å²) >= 11 is 6.07. The third kappa shape index (κ3) is 2.93. The number of carbonyl (C=O) groups is 1. The van der Waals surface area contributed by atoms with Crippen molar-refractivity contribution in [3.05, 3.63) is 59.4 Å². The van der Waals surface area contributed by atoms with Gasteiger partial charge in [-0.2, -0.15) is 0 Å². The number of likely N-dealkylation sites (tertiary alicyclic amines) is 1. The second-order valence-electron chi connectivity index (χ2n) is 7.61. The zero-order valence-electron chi connectivity index (χ0n) is 15.3. The van der Waals surface area contributed by atoms with Crippen LogP contribution in [0.5, 0.6) is 0 Å². The van der Waals surface area contributed by atoms with Crippen molar-refractivity contribution in [2.45, 2.75) is 31.5 Å². The van der Waals surface area contributed by atoms with E-state index in [1.165, 1.54) is 0 Å².